The first-order chi connectivity index (χ1) is 12.8. The number of carbonyl (C=O) groups excluding carboxylic acids is 1. The molecule has 1 saturated heterocycles. The number of piperazine rings is 1. The van der Waals surface area contributed by atoms with E-state index in [2.05, 4.69) is 4.98 Å². The standard InChI is InChI=1S/C19H23N3O4S/c1-14-12-18(15(2)11-17(14)26-3)27(24,25)22-9-7-21(8-10-22)19(23)16-5-4-6-20-13-16/h4-6,11-13H,7-10H2,1-3H3. The Kier molecular flexibility index (Phi) is 5.48. The Bertz CT molecular complexity index is 937. The summed E-state index contributed by atoms with van der Waals surface area (Å²) in [6, 6.07) is 6.81. The number of benzene rings is 1. The minimum absolute atomic E-state index is 0.128. The van der Waals surface area contributed by atoms with E-state index >= 15 is 0 Å². The van der Waals surface area contributed by atoms with E-state index in [-0.39, 0.29) is 23.9 Å². The van der Waals surface area contributed by atoms with Gasteiger partial charge in [-0.2, -0.15) is 4.31 Å². The summed E-state index contributed by atoms with van der Waals surface area (Å²) in [5.74, 6) is 0.537. The summed E-state index contributed by atoms with van der Waals surface area (Å²) < 4.78 is 32.9. The lowest BCUT2D eigenvalue weighted by atomic mass is 10.1. The second-order valence-electron chi connectivity index (χ2n) is 6.53. The van der Waals surface area contributed by atoms with E-state index in [0.29, 0.717) is 30.0 Å². The number of carbonyl (C=O) groups is 1. The highest BCUT2D eigenvalue weighted by Gasteiger charge is 2.31. The molecule has 1 aromatic carbocycles. The number of sulfonamides is 1. The molecule has 1 fully saturated rings. The van der Waals surface area contributed by atoms with Gasteiger partial charge in [-0.15, -0.1) is 0 Å². The first-order valence-electron chi connectivity index (χ1n) is 8.69. The van der Waals surface area contributed by atoms with Crippen molar-refractivity contribution in [1.82, 2.24) is 14.2 Å². The molecule has 8 heteroatoms. The van der Waals surface area contributed by atoms with Crippen molar-refractivity contribution in [2.75, 3.05) is 33.3 Å². The van der Waals surface area contributed by atoms with Gasteiger partial charge in [0.25, 0.3) is 5.91 Å². The second-order valence-corrected chi connectivity index (χ2v) is 8.43. The minimum Gasteiger partial charge on any atom is -0.496 e. The predicted molar refractivity (Wildman–Crippen MR) is 101 cm³/mol. The normalized spacial score (nSPS) is 15.6. The highest BCUT2D eigenvalue weighted by atomic mass is 32.2. The Hall–Kier alpha value is -2.45. The molecule has 0 spiro atoms. The number of aryl methyl sites for hydroxylation is 2. The minimum atomic E-state index is -3.63. The number of aromatic nitrogens is 1. The van der Waals surface area contributed by atoms with Crippen LogP contribution in [0.5, 0.6) is 5.75 Å². The number of rotatable bonds is 4. The van der Waals surface area contributed by atoms with Gasteiger partial charge in [0.15, 0.2) is 0 Å². The third-order valence-corrected chi connectivity index (χ3v) is 6.79. The van der Waals surface area contributed by atoms with E-state index in [0.717, 1.165) is 5.56 Å². The number of pyridine rings is 1. The number of hydrogen-bond acceptors (Lipinski definition) is 5. The highest BCUT2D eigenvalue weighted by Crippen LogP contribution is 2.28. The van der Waals surface area contributed by atoms with Gasteiger partial charge in [-0.1, -0.05) is 0 Å². The van der Waals surface area contributed by atoms with E-state index in [1.165, 1.54) is 10.5 Å². The average Bonchev–Trinajstić information content (AvgIpc) is 2.69. The SMILES string of the molecule is COc1cc(C)c(S(=O)(=O)N2CCN(C(=O)c3cccnc3)CC2)cc1C. The van der Waals surface area contributed by atoms with Gasteiger partial charge in [-0.05, 0) is 49.2 Å². The highest BCUT2D eigenvalue weighted by molar-refractivity contribution is 7.89. The summed E-state index contributed by atoms with van der Waals surface area (Å²) in [6.07, 6.45) is 3.13. The van der Waals surface area contributed by atoms with Crippen LogP contribution in [-0.4, -0.2) is 61.8 Å². The zero-order chi connectivity index (χ0) is 19.6. The van der Waals surface area contributed by atoms with Gasteiger partial charge in [0.2, 0.25) is 10.0 Å². The van der Waals surface area contributed by atoms with Crippen LogP contribution in [0.25, 0.3) is 0 Å². The number of hydrogen-bond donors (Lipinski definition) is 0. The van der Waals surface area contributed by atoms with E-state index in [9.17, 15) is 13.2 Å². The Morgan fingerprint density at radius 2 is 1.81 bits per heavy atom. The molecule has 0 N–H and O–H groups in total. The summed E-state index contributed by atoms with van der Waals surface area (Å²) in [4.78, 5) is 18.4. The van der Waals surface area contributed by atoms with Crippen molar-refractivity contribution in [3.8, 4) is 5.75 Å². The number of amides is 1. The molecule has 144 valence electrons. The molecule has 0 radical (unpaired) electrons. The van der Waals surface area contributed by atoms with Gasteiger partial charge in [-0.3, -0.25) is 9.78 Å². The quantitative estimate of drug-likeness (QED) is 0.797. The summed E-state index contributed by atoms with van der Waals surface area (Å²) in [5, 5.41) is 0. The summed E-state index contributed by atoms with van der Waals surface area (Å²) in [5.41, 5.74) is 1.92. The first kappa shape index (κ1) is 19.3. The first-order valence-corrected chi connectivity index (χ1v) is 10.1. The van der Waals surface area contributed by atoms with Crippen LogP contribution in [0.1, 0.15) is 21.5 Å². The fourth-order valence-corrected chi connectivity index (χ4v) is 4.92. The number of methoxy groups -OCH3 is 1. The zero-order valence-corrected chi connectivity index (χ0v) is 16.5. The molecule has 0 unspecified atom stereocenters. The fraction of sp³-hybridized carbons (Fsp3) is 0.368. The number of ether oxygens (including phenoxy) is 1. The van der Waals surface area contributed by atoms with Crippen LogP contribution < -0.4 is 4.74 Å². The smallest absolute Gasteiger partial charge is 0.255 e. The summed E-state index contributed by atoms with van der Waals surface area (Å²) in [7, 11) is -2.06. The zero-order valence-electron chi connectivity index (χ0n) is 15.7. The lowest BCUT2D eigenvalue weighted by molar-refractivity contribution is 0.0697. The Morgan fingerprint density at radius 3 is 2.41 bits per heavy atom. The third-order valence-electron chi connectivity index (χ3n) is 4.74. The molecule has 0 saturated carbocycles. The van der Waals surface area contributed by atoms with Crippen molar-refractivity contribution >= 4 is 15.9 Å². The summed E-state index contributed by atoms with van der Waals surface area (Å²) >= 11 is 0. The molecule has 1 amide bonds. The molecule has 1 aliphatic heterocycles. The van der Waals surface area contributed by atoms with Crippen LogP contribution in [0.2, 0.25) is 0 Å². The van der Waals surface area contributed by atoms with Gasteiger partial charge >= 0.3 is 0 Å². The molecular weight excluding hydrogens is 366 g/mol. The molecule has 0 atom stereocenters. The maximum absolute atomic E-state index is 13.1. The van der Waals surface area contributed by atoms with Gasteiger partial charge in [0.1, 0.15) is 5.75 Å². The van der Waals surface area contributed by atoms with Crippen LogP contribution in [0.4, 0.5) is 0 Å². The molecule has 7 nitrogen and oxygen atoms in total. The lowest BCUT2D eigenvalue weighted by Crippen LogP contribution is -2.50. The number of nitrogens with zero attached hydrogens (tertiary/aromatic N) is 3. The van der Waals surface area contributed by atoms with Gasteiger partial charge in [0, 0.05) is 38.6 Å². The van der Waals surface area contributed by atoms with Crippen molar-refractivity contribution in [3.63, 3.8) is 0 Å². The van der Waals surface area contributed by atoms with Crippen LogP contribution in [0, 0.1) is 13.8 Å². The van der Waals surface area contributed by atoms with Gasteiger partial charge in [-0.25, -0.2) is 8.42 Å². The monoisotopic (exact) mass is 389 g/mol. The molecule has 2 heterocycles. The molecule has 1 aliphatic rings. The third kappa shape index (κ3) is 3.81. The van der Waals surface area contributed by atoms with Crippen molar-refractivity contribution in [1.29, 1.82) is 0 Å². The maximum Gasteiger partial charge on any atom is 0.255 e. The predicted octanol–water partition coefficient (Wildman–Crippen LogP) is 1.85. The topological polar surface area (TPSA) is 79.8 Å². The van der Waals surface area contributed by atoms with E-state index in [1.54, 1.807) is 49.4 Å². The van der Waals surface area contributed by atoms with Crippen molar-refractivity contribution < 1.29 is 17.9 Å². The van der Waals surface area contributed by atoms with Crippen molar-refractivity contribution in [3.05, 3.63) is 53.3 Å². The molecule has 1 aromatic heterocycles. The molecule has 3 rings (SSSR count). The van der Waals surface area contributed by atoms with E-state index in [4.69, 9.17) is 4.74 Å². The van der Waals surface area contributed by atoms with Crippen molar-refractivity contribution in [2.24, 2.45) is 0 Å². The van der Waals surface area contributed by atoms with E-state index < -0.39 is 10.0 Å². The van der Waals surface area contributed by atoms with Gasteiger partial charge < -0.3 is 9.64 Å². The maximum atomic E-state index is 13.1. The molecule has 0 aliphatic carbocycles. The van der Waals surface area contributed by atoms with Gasteiger partial charge in [0.05, 0.1) is 17.6 Å². The molecule has 2 aromatic rings. The summed E-state index contributed by atoms with van der Waals surface area (Å²) in [6.45, 7) is 4.80. The van der Waals surface area contributed by atoms with Crippen LogP contribution in [0.3, 0.4) is 0 Å². The molecule has 0 bridgehead atoms. The largest absolute Gasteiger partial charge is 0.496 e. The Labute approximate surface area is 159 Å². The van der Waals surface area contributed by atoms with Crippen molar-refractivity contribution in [2.45, 2.75) is 18.7 Å². The Balaban J connectivity index is 1.75. The average molecular weight is 389 g/mol. The van der Waals surface area contributed by atoms with E-state index in [1.807, 2.05) is 6.92 Å². The van der Waals surface area contributed by atoms with Crippen LogP contribution >= 0.6 is 0 Å². The molecular formula is C19H23N3O4S. The molecule has 27 heavy (non-hydrogen) atoms. The van der Waals surface area contributed by atoms with Crippen LogP contribution in [0.15, 0.2) is 41.6 Å². The fourth-order valence-electron chi connectivity index (χ4n) is 3.20. The second kappa shape index (κ2) is 7.66. The van der Waals surface area contributed by atoms with Crippen LogP contribution in [-0.2, 0) is 10.0 Å². The Morgan fingerprint density at radius 1 is 1.11 bits per heavy atom. The lowest BCUT2D eigenvalue weighted by Gasteiger charge is -2.34.